The number of nitrogens with zero attached hydrogens (tertiary/aromatic N) is 3. The Morgan fingerprint density at radius 3 is 2.35 bits per heavy atom. The summed E-state index contributed by atoms with van der Waals surface area (Å²) in [6.45, 7) is 5.36. The predicted molar refractivity (Wildman–Crippen MR) is 131 cm³/mol. The van der Waals surface area contributed by atoms with Gasteiger partial charge in [-0.05, 0) is 35.9 Å². The van der Waals surface area contributed by atoms with Crippen molar-refractivity contribution in [3.05, 3.63) is 78.8 Å². The Labute approximate surface area is 196 Å². The van der Waals surface area contributed by atoms with Crippen LogP contribution in [0.25, 0.3) is 39.2 Å². The molecule has 0 unspecified atom stereocenters. The SMILES string of the molecule is CC(C)(C)C(=O)c1c(O)c(O)n(-c2ccc3nc[nH]c3c2)c1-c1ccc(-c2ccccn2)cc1. The zero-order chi connectivity index (χ0) is 24.0. The maximum atomic E-state index is 13.4. The van der Waals surface area contributed by atoms with E-state index in [1.165, 1.54) is 4.57 Å². The average Bonchev–Trinajstić information content (AvgIpc) is 3.40. The molecule has 0 radical (unpaired) electrons. The molecule has 0 atom stereocenters. The zero-order valence-corrected chi connectivity index (χ0v) is 19.1. The van der Waals surface area contributed by atoms with Crippen molar-refractivity contribution >= 4 is 16.8 Å². The number of imidazole rings is 1. The average molecular weight is 453 g/mol. The van der Waals surface area contributed by atoms with Gasteiger partial charge in [0, 0.05) is 17.2 Å². The van der Waals surface area contributed by atoms with Crippen LogP contribution in [0.2, 0.25) is 0 Å². The number of Topliss-reactive ketones (excluding diaryl/α,β-unsaturated/α-hetero) is 1. The Kier molecular flexibility index (Phi) is 4.97. The van der Waals surface area contributed by atoms with Crippen LogP contribution in [0.15, 0.2) is 73.2 Å². The molecule has 0 aliphatic heterocycles. The van der Waals surface area contributed by atoms with Gasteiger partial charge in [0.05, 0.1) is 40.0 Å². The first kappa shape index (κ1) is 21.5. The van der Waals surface area contributed by atoms with Crippen molar-refractivity contribution in [1.82, 2.24) is 19.5 Å². The van der Waals surface area contributed by atoms with Gasteiger partial charge in [-0.25, -0.2) is 4.98 Å². The van der Waals surface area contributed by atoms with Gasteiger partial charge in [0.25, 0.3) is 0 Å². The van der Waals surface area contributed by atoms with Crippen LogP contribution in [-0.4, -0.2) is 35.5 Å². The first-order valence-corrected chi connectivity index (χ1v) is 10.9. The largest absolute Gasteiger partial charge is 0.503 e. The molecule has 0 saturated heterocycles. The van der Waals surface area contributed by atoms with E-state index in [1.54, 1.807) is 39.4 Å². The Hall–Kier alpha value is -4.39. The Bertz CT molecular complexity index is 1510. The summed E-state index contributed by atoms with van der Waals surface area (Å²) in [6, 6.07) is 18.7. The molecule has 0 fully saturated rings. The van der Waals surface area contributed by atoms with E-state index >= 15 is 0 Å². The summed E-state index contributed by atoms with van der Waals surface area (Å²) in [5.74, 6) is -1.10. The molecule has 0 aliphatic carbocycles. The molecule has 5 aromatic rings. The van der Waals surface area contributed by atoms with Crippen LogP contribution in [0.3, 0.4) is 0 Å². The van der Waals surface area contributed by atoms with E-state index < -0.39 is 17.0 Å². The standard InChI is InChI=1S/C27H24N4O3/c1-27(2,3)25(33)22-23(17-9-7-16(8-10-17)19-6-4-5-13-28-19)31(26(34)24(22)32)18-11-12-20-21(14-18)30-15-29-20/h4-15,32,34H,1-3H3,(H,29,30). The van der Waals surface area contributed by atoms with Crippen LogP contribution in [0.5, 0.6) is 11.6 Å². The minimum Gasteiger partial charge on any atom is -0.503 e. The van der Waals surface area contributed by atoms with E-state index in [4.69, 9.17) is 0 Å². The van der Waals surface area contributed by atoms with Crippen molar-refractivity contribution in [2.24, 2.45) is 5.41 Å². The number of benzene rings is 2. The first-order valence-electron chi connectivity index (χ1n) is 10.9. The van der Waals surface area contributed by atoms with Crippen LogP contribution >= 0.6 is 0 Å². The number of H-pyrrole nitrogens is 1. The summed E-state index contributed by atoms with van der Waals surface area (Å²) in [4.78, 5) is 25.1. The number of hydrogen-bond donors (Lipinski definition) is 3. The van der Waals surface area contributed by atoms with E-state index in [9.17, 15) is 15.0 Å². The molecule has 5 rings (SSSR count). The third-order valence-electron chi connectivity index (χ3n) is 5.81. The maximum absolute atomic E-state index is 13.4. The number of carbonyl (C=O) groups excluding carboxylic acids is 1. The van der Waals surface area contributed by atoms with Crippen LogP contribution in [0, 0.1) is 5.41 Å². The third-order valence-corrected chi connectivity index (χ3v) is 5.81. The van der Waals surface area contributed by atoms with Gasteiger partial charge in [-0.1, -0.05) is 51.1 Å². The van der Waals surface area contributed by atoms with Crippen molar-refractivity contribution in [3.63, 3.8) is 0 Å². The Morgan fingerprint density at radius 2 is 1.68 bits per heavy atom. The smallest absolute Gasteiger partial charge is 0.240 e. The number of pyridine rings is 1. The molecule has 2 aromatic carbocycles. The predicted octanol–water partition coefficient (Wildman–Crippen LogP) is 5.72. The van der Waals surface area contributed by atoms with E-state index in [2.05, 4.69) is 15.0 Å². The number of nitrogens with one attached hydrogen (secondary N) is 1. The van der Waals surface area contributed by atoms with Gasteiger partial charge in [-0.15, -0.1) is 0 Å². The van der Waals surface area contributed by atoms with E-state index in [-0.39, 0.29) is 11.3 Å². The molecule has 3 aromatic heterocycles. The van der Waals surface area contributed by atoms with Gasteiger partial charge in [-0.3, -0.25) is 14.3 Å². The summed E-state index contributed by atoms with van der Waals surface area (Å²) in [6.07, 6.45) is 3.32. The second-order valence-corrected chi connectivity index (χ2v) is 9.21. The minimum absolute atomic E-state index is 0.0836. The van der Waals surface area contributed by atoms with Crippen molar-refractivity contribution in [2.75, 3.05) is 0 Å². The van der Waals surface area contributed by atoms with Crippen LogP contribution in [-0.2, 0) is 0 Å². The molecular weight excluding hydrogens is 428 g/mol. The van der Waals surface area contributed by atoms with Crippen molar-refractivity contribution in [2.45, 2.75) is 20.8 Å². The first-order chi connectivity index (χ1) is 16.3. The Morgan fingerprint density at radius 1 is 0.941 bits per heavy atom. The zero-order valence-electron chi connectivity index (χ0n) is 19.1. The number of aromatic amines is 1. The molecule has 0 bridgehead atoms. The Balaban J connectivity index is 1.75. The minimum atomic E-state index is -0.772. The molecule has 0 spiro atoms. The molecule has 0 aliphatic rings. The summed E-state index contributed by atoms with van der Waals surface area (Å²) in [5.41, 5.74) is 4.27. The molecule has 3 N–H and O–H groups in total. The van der Waals surface area contributed by atoms with Gasteiger partial charge in [-0.2, -0.15) is 0 Å². The second-order valence-electron chi connectivity index (χ2n) is 9.21. The van der Waals surface area contributed by atoms with Gasteiger partial charge in [0.15, 0.2) is 11.5 Å². The number of rotatable bonds is 4. The fraction of sp³-hybridized carbons (Fsp3) is 0.148. The highest BCUT2D eigenvalue weighted by molar-refractivity contribution is 6.08. The van der Waals surface area contributed by atoms with E-state index in [0.717, 1.165) is 22.3 Å². The molecule has 170 valence electrons. The van der Waals surface area contributed by atoms with E-state index in [1.807, 2.05) is 54.6 Å². The van der Waals surface area contributed by atoms with Crippen LogP contribution in [0.4, 0.5) is 0 Å². The molecule has 7 nitrogen and oxygen atoms in total. The summed E-state index contributed by atoms with van der Waals surface area (Å²) >= 11 is 0. The van der Waals surface area contributed by atoms with Gasteiger partial charge < -0.3 is 15.2 Å². The maximum Gasteiger partial charge on any atom is 0.240 e. The summed E-state index contributed by atoms with van der Waals surface area (Å²) < 4.78 is 1.50. The quantitative estimate of drug-likeness (QED) is 0.303. The lowest BCUT2D eigenvalue weighted by Gasteiger charge is -2.18. The number of aromatic nitrogens is 4. The molecular formula is C27H24N4O3. The fourth-order valence-corrected chi connectivity index (χ4v) is 4.06. The lowest BCUT2D eigenvalue weighted by Crippen LogP contribution is -2.20. The highest BCUT2D eigenvalue weighted by Gasteiger charge is 2.34. The highest BCUT2D eigenvalue weighted by atomic mass is 16.3. The normalized spacial score (nSPS) is 11.7. The number of fused-ring (bicyclic) bond motifs is 1. The molecule has 34 heavy (non-hydrogen) atoms. The lowest BCUT2D eigenvalue weighted by molar-refractivity contribution is 0.0856. The van der Waals surface area contributed by atoms with Gasteiger partial charge >= 0.3 is 0 Å². The third kappa shape index (κ3) is 3.51. The van der Waals surface area contributed by atoms with Crippen molar-refractivity contribution in [1.29, 1.82) is 0 Å². The molecule has 0 saturated carbocycles. The van der Waals surface area contributed by atoms with Crippen molar-refractivity contribution in [3.8, 4) is 39.8 Å². The molecule has 3 heterocycles. The fourth-order valence-electron chi connectivity index (χ4n) is 4.06. The molecule has 7 heteroatoms. The second kappa shape index (κ2) is 7.88. The van der Waals surface area contributed by atoms with Crippen molar-refractivity contribution < 1.29 is 15.0 Å². The lowest BCUT2D eigenvalue weighted by atomic mass is 9.85. The molecule has 0 amide bonds. The summed E-state index contributed by atoms with van der Waals surface area (Å²) in [5, 5.41) is 21.9. The van der Waals surface area contributed by atoms with Crippen LogP contribution < -0.4 is 0 Å². The van der Waals surface area contributed by atoms with Gasteiger partial charge in [0.2, 0.25) is 5.88 Å². The van der Waals surface area contributed by atoms with Crippen LogP contribution in [0.1, 0.15) is 31.1 Å². The van der Waals surface area contributed by atoms with Gasteiger partial charge in [0.1, 0.15) is 0 Å². The number of aromatic hydroxyl groups is 2. The topological polar surface area (TPSA) is 104 Å². The number of hydrogen-bond acceptors (Lipinski definition) is 5. The summed E-state index contributed by atoms with van der Waals surface area (Å²) in [7, 11) is 0. The highest BCUT2D eigenvalue weighted by Crippen LogP contribution is 2.45. The van der Waals surface area contributed by atoms with E-state index in [0.29, 0.717) is 16.9 Å². The monoisotopic (exact) mass is 452 g/mol. The number of carbonyl (C=O) groups is 1. The number of ketones is 1.